The van der Waals surface area contributed by atoms with Crippen LogP contribution in [0.15, 0.2) is 0 Å². The van der Waals surface area contributed by atoms with E-state index in [2.05, 4.69) is 0 Å². The van der Waals surface area contributed by atoms with Gasteiger partial charge in [0.05, 0.1) is 17.5 Å². The van der Waals surface area contributed by atoms with Gasteiger partial charge in [-0.3, -0.25) is 4.55 Å². The Morgan fingerprint density at radius 3 is 2.00 bits per heavy atom. The van der Waals surface area contributed by atoms with E-state index < -0.39 is 27.6 Å². The van der Waals surface area contributed by atoms with Crippen LogP contribution < -0.4 is 29.6 Å². The molecule has 0 bridgehead atoms. The maximum Gasteiger partial charge on any atom is 1.00 e. The van der Waals surface area contributed by atoms with Crippen LogP contribution in [0.3, 0.4) is 0 Å². The van der Waals surface area contributed by atoms with Crippen LogP contribution in [0.2, 0.25) is 0 Å². The van der Waals surface area contributed by atoms with E-state index in [1.807, 2.05) is 0 Å². The molecule has 2 fully saturated rings. The standard InChI is InChI=1S/C10H18O5S.Na.H/c11-9-4-6-1-2-8(16(13,14)15)3-7(6)5-10(9)12;;/h6-12H,1-5H2,(H,13,14,15);;/q;+1;-1. The molecule has 0 aromatic carbocycles. The van der Waals surface area contributed by atoms with E-state index in [-0.39, 0.29) is 42.8 Å². The van der Waals surface area contributed by atoms with Crippen molar-refractivity contribution in [2.24, 2.45) is 11.8 Å². The molecule has 96 valence electrons. The van der Waals surface area contributed by atoms with E-state index in [1.54, 1.807) is 0 Å². The summed E-state index contributed by atoms with van der Waals surface area (Å²) in [5.74, 6) is 0.399. The molecule has 2 saturated carbocycles. The first-order valence-electron chi connectivity index (χ1n) is 5.70. The van der Waals surface area contributed by atoms with Crippen LogP contribution in [0.5, 0.6) is 0 Å². The Hall–Kier alpha value is 0.830. The average Bonchev–Trinajstić information content (AvgIpc) is 2.17. The van der Waals surface area contributed by atoms with Crippen LogP contribution in [-0.4, -0.2) is 40.6 Å². The molecule has 5 atom stereocenters. The van der Waals surface area contributed by atoms with E-state index in [4.69, 9.17) is 4.55 Å². The van der Waals surface area contributed by atoms with Crippen molar-refractivity contribution < 1.29 is 54.2 Å². The molecule has 0 radical (unpaired) electrons. The molecule has 2 aliphatic rings. The minimum Gasteiger partial charge on any atom is -1.00 e. The summed E-state index contributed by atoms with van der Waals surface area (Å²) in [6, 6.07) is 0. The van der Waals surface area contributed by atoms with Gasteiger partial charge in [0.15, 0.2) is 0 Å². The summed E-state index contributed by atoms with van der Waals surface area (Å²) in [7, 11) is -3.95. The van der Waals surface area contributed by atoms with E-state index in [9.17, 15) is 18.6 Å². The molecule has 5 nitrogen and oxygen atoms in total. The first-order chi connectivity index (χ1) is 7.38. The molecule has 5 unspecified atom stereocenters. The molecule has 0 aromatic rings. The predicted molar refractivity (Wildman–Crippen MR) is 58.5 cm³/mol. The van der Waals surface area contributed by atoms with E-state index in [0.717, 1.165) is 0 Å². The average molecular weight is 274 g/mol. The van der Waals surface area contributed by atoms with Gasteiger partial charge in [0.25, 0.3) is 10.1 Å². The van der Waals surface area contributed by atoms with Gasteiger partial charge in [-0.2, -0.15) is 8.42 Å². The normalized spacial score (nSPS) is 42.4. The summed E-state index contributed by atoms with van der Waals surface area (Å²) in [5, 5.41) is 18.4. The van der Waals surface area contributed by atoms with Gasteiger partial charge in [0.1, 0.15) is 0 Å². The van der Waals surface area contributed by atoms with Crippen molar-refractivity contribution in [1.29, 1.82) is 0 Å². The number of hydrogen-bond acceptors (Lipinski definition) is 4. The quantitative estimate of drug-likeness (QED) is 0.357. The van der Waals surface area contributed by atoms with Crippen LogP contribution in [0.4, 0.5) is 0 Å². The zero-order valence-electron chi connectivity index (χ0n) is 11.0. The molecule has 0 aromatic heterocycles. The van der Waals surface area contributed by atoms with Gasteiger partial charge >= 0.3 is 29.6 Å². The van der Waals surface area contributed by atoms with Gasteiger partial charge in [-0.1, -0.05) is 0 Å². The van der Waals surface area contributed by atoms with E-state index >= 15 is 0 Å². The SMILES string of the molecule is O=S(=O)(O)C1CCC2CC(O)C(O)CC2C1.[H-].[Na+]. The number of rotatable bonds is 1. The first-order valence-corrected chi connectivity index (χ1v) is 7.20. The Bertz CT molecular complexity index is 363. The summed E-state index contributed by atoms with van der Waals surface area (Å²) in [5.41, 5.74) is 0. The molecular weight excluding hydrogens is 255 g/mol. The molecule has 0 aliphatic heterocycles. The Kier molecular flexibility index (Phi) is 5.47. The molecule has 3 N–H and O–H groups in total. The molecule has 0 spiro atoms. The zero-order valence-corrected chi connectivity index (χ0v) is 12.8. The fourth-order valence-electron chi connectivity index (χ4n) is 3.09. The maximum absolute atomic E-state index is 11.1. The third kappa shape index (κ3) is 3.65. The third-order valence-electron chi connectivity index (χ3n) is 4.05. The summed E-state index contributed by atoms with van der Waals surface area (Å²) in [6.45, 7) is 0. The zero-order chi connectivity index (χ0) is 11.9. The second kappa shape index (κ2) is 5.86. The number of aliphatic hydroxyl groups is 2. The van der Waals surface area contributed by atoms with Crippen molar-refractivity contribution in [3.8, 4) is 0 Å². The summed E-state index contributed by atoms with van der Waals surface area (Å²) in [4.78, 5) is 0. The Morgan fingerprint density at radius 2 is 1.47 bits per heavy atom. The minimum atomic E-state index is -3.95. The van der Waals surface area contributed by atoms with Gasteiger partial charge < -0.3 is 11.6 Å². The van der Waals surface area contributed by atoms with Crippen molar-refractivity contribution in [2.75, 3.05) is 0 Å². The molecule has 2 rings (SSSR count). The second-order valence-electron chi connectivity index (χ2n) is 5.08. The predicted octanol–water partition coefficient (Wildman–Crippen LogP) is -2.71. The van der Waals surface area contributed by atoms with Gasteiger partial charge in [-0.05, 0) is 43.9 Å². The Balaban J connectivity index is 0.00000144. The van der Waals surface area contributed by atoms with Crippen molar-refractivity contribution in [3.05, 3.63) is 0 Å². The topological polar surface area (TPSA) is 94.8 Å². The monoisotopic (exact) mass is 274 g/mol. The molecular formula is C10H19NaO5S. The molecule has 0 heterocycles. The van der Waals surface area contributed by atoms with Crippen molar-refractivity contribution in [1.82, 2.24) is 0 Å². The van der Waals surface area contributed by atoms with Crippen LogP contribution in [-0.2, 0) is 10.1 Å². The minimum absolute atomic E-state index is 0. The number of aliphatic hydroxyl groups excluding tert-OH is 2. The largest absolute Gasteiger partial charge is 1.00 e. The fourth-order valence-corrected chi connectivity index (χ4v) is 4.01. The molecule has 2 aliphatic carbocycles. The van der Waals surface area contributed by atoms with Crippen LogP contribution in [0.1, 0.15) is 33.5 Å². The summed E-state index contributed by atoms with van der Waals surface area (Å²) < 4.78 is 31.1. The Labute approximate surface area is 125 Å². The smallest absolute Gasteiger partial charge is 1.00 e. The molecule has 7 heteroatoms. The third-order valence-corrected chi connectivity index (χ3v) is 5.32. The van der Waals surface area contributed by atoms with Crippen LogP contribution in [0, 0.1) is 11.8 Å². The van der Waals surface area contributed by atoms with Gasteiger partial charge in [0.2, 0.25) is 0 Å². The van der Waals surface area contributed by atoms with Gasteiger partial charge in [-0.15, -0.1) is 0 Å². The van der Waals surface area contributed by atoms with Crippen LogP contribution in [0.25, 0.3) is 0 Å². The summed E-state index contributed by atoms with van der Waals surface area (Å²) >= 11 is 0. The van der Waals surface area contributed by atoms with Crippen molar-refractivity contribution >= 4 is 10.1 Å². The maximum atomic E-state index is 11.1. The van der Waals surface area contributed by atoms with Crippen molar-refractivity contribution in [2.45, 2.75) is 49.6 Å². The van der Waals surface area contributed by atoms with Crippen LogP contribution >= 0.6 is 0 Å². The summed E-state index contributed by atoms with van der Waals surface area (Å²) in [6.07, 6.45) is 1.14. The van der Waals surface area contributed by atoms with Crippen molar-refractivity contribution in [3.63, 3.8) is 0 Å². The molecule has 0 amide bonds. The Morgan fingerprint density at radius 1 is 0.941 bits per heavy atom. The first kappa shape index (κ1) is 15.9. The molecule has 17 heavy (non-hydrogen) atoms. The van der Waals surface area contributed by atoms with E-state index in [0.29, 0.717) is 32.1 Å². The van der Waals surface area contributed by atoms with E-state index in [1.165, 1.54) is 0 Å². The second-order valence-corrected chi connectivity index (χ2v) is 6.77. The number of hydrogen-bond donors (Lipinski definition) is 3. The fraction of sp³-hybridized carbons (Fsp3) is 1.00. The number of fused-ring (bicyclic) bond motifs is 1. The molecule has 0 saturated heterocycles. The van der Waals surface area contributed by atoms with Gasteiger partial charge in [0, 0.05) is 0 Å². The van der Waals surface area contributed by atoms with Gasteiger partial charge in [-0.25, -0.2) is 0 Å².